The fourth-order valence-corrected chi connectivity index (χ4v) is 0.298. The lowest BCUT2D eigenvalue weighted by Crippen LogP contribution is -2.09. The molecule has 0 aliphatic rings. The van der Waals surface area contributed by atoms with E-state index in [1.54, 1.807) is 20.0 Å². The smallest absolute Gasteiger partial charge is 0.119 e. The van der Waals surface area contributed by atoms with Gasteiger partial charge in [0.25, 0.3) is 0 Å². The van der Waals surface area contributed by atoms with Crippen LogP contribution in [0.3, 0.4) is 0 Å². The van der Waals surface area contributed by atoms with Gasteiger partial charge in [0.05, 0.1) is 0 Å². The highest BCUT2D eigenvalue weighted by Gasteiger charge is 1.79. The SMILES string of the molecule is CN=C(N)/C=C(/C)N. The van der Waals surface area contributed by atoms with E-state index >= 15 is 0 Å². The first kappa shape index (κ1) is 7.01. The lowest BCUT2D eigenvalue weighted by Gasteiger charge is -1.88. The second-order valence-electron chi connectivity index (χ2n) is 1.54. The molecule has 0 heterocycles. The molecule has 0 bridgehead atoms. The molecule has 0 aliphatic carbocycles. The number of nitrogens with zero attached hydrogens (tertiary/aromatic N) is 1. The highest BCUT2D eigenvalue weighted by atomic mass is 14.8. The first-order valence-electron chi connectivity index (χ1n) is 2.33. The summed E-state index contributed by atoms with van der Waals surface area (Å²) in [5.41, 5.74) is 11.2. The van der Waals surface area contributed by atoms with Crippen molar-refractivity contribution in [2.45, 2.75) is 6.92 Å². The van der Waals surface area contributed by atoms with Gasteiger partial charge < -0.3 is 11.5 Å². The molecule has 0 fully saturated rings. The van der Waals surface area contributed by atoms with Gasteiger partial charge in [0.15, 0.2) is 0 Å². The summed E-state index contributed by atoms with van der Waals surface area (Å²) in [4.78, 5) is 3.67. The van der Waals surface area contributed by atoms with Gasteiger partial charge in [0, 0.05) is 12.7 Å². The van der Waals surface area contributed by atoms with E-state index in [-0.39, 0.29) is 0 Å². The van der Waals surface area contributed by atoms with Gasteiger partial charge in [-0.1, -0.05) is 0 Å². The molecule has 0 radical (unpaired) electrons. The number of hydrogen-bond donors (Lipinski definition) is 2. The Morgan fingerprint density at radius 1 is 1.50 bits per heavy atom. The standard InChI is InChI=1S/C5H11N3/c1-4(6)3-5(7)8-2/h3H,6H2,1-2H3,(H2,7,8)/b4-3-. The number of amidine groups is 1. The summed E-state index contributed by atoms with van der Waals surface area (Å²) >= 11 is 0. The van der Waals surface area contributed by atoms with Gasteiger partial charge in [0.1, 0.15) is 5.84 Å². The van der Waals surface area contributed by atoms with Gasteiger partial charge in [-0.2, -0.15) is 0 Å². The molecule has 3 nitrogen and oxygen atoms in total. The van der Waals surface area contributed by atoms with E-state index in [9.17, 15) is 0 Å². The van der Waals surface area contributed by atoms with Crippen molar-refractivity contribution in [1.82, 2.24) is 0 Å². The molecule has 0 unspecified atom stereocenters. The van der Waals surface area contributed by atoms with Gasteiger partial charge >= 0.3 is 0 Å². The molecule has 0 aromatic carbocycles. The molecule has 0 atom stereocenters. The number of rotatable bonds is 1. The molecule has 4 N–H and O–H groups in total. The normalized spacial score (nSPS) is 14.2. The van der Waals surface area contributed by atoms with E-state index in [0.717, 1.165) is 0 Å². The zero-order valence-corrected chi connectivity index (χ0v) is 5.18. The van der Waals surface area contributed by atoms with Gasteiger partial charge in [-0.25, -0.2) is 0 Å². The second-order valence-corrected chi connectivity index (χ2v) is 1.54. The lowest BCUT2D eigenvalue weighted by atomic mass is 10.4. The quantitative estimate of drug-likeness (QED) is 0.366. The van der Waals surface area contributed by atoms with Crippen LogP contribution in [0.4, 0.5) is 0 Å². The van der Waals surface area contributed by atoms with Crippen LogP contribution in [0.5, 0.6) is 0 Å². The van der Waals surface area contributed by atoms with Crippen molar-refractivity contribution < 1.29 is 0 Å². The minimum Gasteiger partial charge on any atom is -0.402 e. The number of hydrogen-bond acceptors (Lipinski definition) is 2. The largest absolute Gasteiger partial charge is 0.402 e. The molecule has 0 rings (SSSR count). The molecule has 0 saturated carbocycles. The van der Waals surface area contributed by atoms with Gasteiger partial charge in [-0.3, -0.25) is 4.99 Å². The third kappa shape index (κ3) is 3.21. The molecule has 0 aromatic heterocycles. The molecule has 0 spiro atoms. The molecule has 3 heteroatoms. The first-order chi connectivity index (χ1) is 3.66. The van der Waals surface area contributed by atoms with E-state index < -0.39 is 0 Å². The van der Waals surface area contributed by atoms with E-state index in [1.807, 2.05) is 0 Å². The van der Waals surface area contributed by atoms with Crippen LogP contribution in [0, 0.1) is 0 Å². The number of nitrogens with two attached hydrogens (primary N) is 2. The number of aliphatic imine (C=N–C) groups is 1. The van der Waals surface area contributed by atoms with Crippen molar-refractivity contribution in [3.8, 4) is 0 Å². The van der Waals surface area contributed by atoms with Crippen molar-refractivity contribution >= 4 is 5.84 Å². The molecule has 8 heavy (non-hydrogen) atoms. The monoisotopic (exact) mass is 113 g/mol. The summed E-state index contributed by atoms with van der Waals surface area (Å²) in [6.07, 6.45) is 1.61. The van der Waals surface area contributed by atoms with Crippen LogP contribution in [-0.4, -0.2) is 12.9 Å². The molecule has 0 aromatic rings. The van der Waals surface area contributed by atoms with E-state index in [4.69, 9.17) is 11.5 Å². The third-order valence-corrected chi connectivity index (χ3v) is 0.634. The Hall–Kier alpha value is -0.990. The maximum Gasteiger partial charge on any atom is 0.119 e. The Balaban J connectivity index is 3.89. The van der Waals surface area contributed by atoms with Crippen molar-refractivity contribution in [3.05, 3.63) is 11.8 Å². The second kappa shape index (κ2) is 3.07. The average Bonchev–Trinajstić information content (AvgIpc) is 1.65. The summed E-state index contributed by atoms with van der Waals surface area (Å²) in [6, 6.07) is 0. The summed E-state index contributed by atoms with van der Waals surface area (Å²) in [7, 11) is 1.62. The van der Waals surface area contributed by atoms with Crippen LogP contribution < -0.4 is 11.5 Å². The fraction of sp³-hybridized carbons (Fsp3) is 0.400. The van der Waals surface area contributed by atoms with E-state index in [2.05, 4.69) is 4.99 Å². The molecule has 46 valence electrons. The summed E-state index contributed by atoms with van der Waals surface area (Å²) in [5, 5.41) is 0. The molecule has 0 amide bonds. The molecular formula is C5H11N3. The highest BCUT2D eigenvalue weighted by molar-refractivity contribution is 5.91. The topological polar surface area (TPSA) is 64.4 Å². The maximum atomic E-state index is 5.27. The predicted molar refractivity (Wildman–Crippen MR) is 35.5 cm³/mol. The summed E-state index contributed by atoms with van der Waals surface area (Å²) in [5.74, 6) is 0.463. The van der Waals surface area contributed by atoms with Crippen LogP contribution in [-0.2, 0) is 0 Å². The van der Waals surface area contributed by atoms with Crippen molar-refractivity contribution in [2.24, 2.45) is 16.5 Å². The van der Waals surface area contributed by atoms with Crippen LogP contribution >= 0.6 is 0 Å². The van der Waals surface area contributed by atoms with Crippen LogP contribution in [0.25, 0.3) is 0 Å². The minimum atomic E-state index is 0.463. The van der Waals surface area contributed by atoms with E-state index in [1.165, 1.54) is 0 Å². The Morgan fingerprint density at radius 2 is 2.00 bits per heavy atom. The van der Waals surface area contributed by atoms with Crippen molar-refractivity contribution in [3.63, 3.8) is 0 Å². The van der Waals surface area contributed by atoms with Gasteiger partial charge in [0.2, 0.25) is 0 Å². The zero-order chi connectivity index (χ0) is 6.57. The molecule has 0 aliphatic heterocycles. The Bertz CT molecular complexity index is 120. The van der Waals surface area contributed by atoms with Crippen molar-refractivity contribution in [2.75, 3.05) is 7.05 Å². The lowest BCUT2D eigenvalue weighted by molar-refractivity contribution is 1.31. The fourth-order valence-electron chi connectivity index (χ4n) is 0.298. The Kier molecular flexibility index (Phi) is 2.69. The highest BCUT2D eigenvalue weighted by Crippen LogP contribution is 1.77. The molecule has 0 saturated heterocycles. The van der Waals surface area contributed by atoms with Gasteiger partial charge in [-0.15, -0.1) is 0 Å². The van der Waals surface area contributed by atoms with Crippen LogP contribution in [0.2, 0.25) is 0 Å². The average molecular weight is 113 g/mol. The zero-order valence-electron chi connectivity index (χ0n) is 5.18. The van der Waals surface area contributed by atoms with Crippen LogP contribution in [0.15, 0.2) is 16.8 Å². The first-order valence-corrected chi connectivity index (χ1v) is 2.33. The van der Waals surface area contributed by atoms with Crippen LogP contribution in [0.1, 0.15) is 6.92 Å². The third-order valence-electron chi connectivity index (χ3n) is 0.634. The summed E-state index contributed by atoms with van der Waals surface area (Å²) in [6.45, 7) is 1.76. The van der Waals surface area contributed by atoms with Crippen molar-refractivity contribution in [1.29, 1.82) is 0 Å². The predicted octanol–water partition coefficient (Wildman–Crippen LogP) is -0.164. The van der Waals surface area contributed by atoms with E-state index in [0.29, 0.717) is 11.5 Å². The Morgan fingerprint density at radius 3 is 2.12 bits per heavy atom. The number of allylic oxidation sites excluding steroid dienone is 1. The molecular weight excluding hydrogens is 102 g/mol. The summed E-state index contributed by atoms with van der Waals surface area (Å²) < 4.78 is 0. The van der Waals surface area contributed by atoms with Gasteiger partial charge in [-0.05, 0) is 13.0 Å². The maximum absolute atomic E-state index is 5.27. The Labute approximate surface area is 49.1 Å². The minimum absolute atomic E-state index is 0.463.